The molecule has 2 rings (SSSR count). The van der Waals surface area contributed by atoms with Crippen LogP contribution in [0, 0.1) is 5.41 Å². The van der Waals surface area contributed by atoms with E-state index in [-0.39, 0.29) is 10.3 Å². The van der Waals surface area contributed by atoms with Gasteiger partial charge in [0.25, 0.3) is 0 Å². The predicted octanol–water partition coefficient (Wildman–Crippen LogP) is 2.56. The first kappa shape index (κ1) is 16.1. The van der Waals surface area contributed by atoms with Crippen molar-refractivity contribution in [2.24, 2.45) is 5.41 Å². The summed E-state index contributed by atoms with van der Waals surface area (Å²) in [4.78, 5) is 0.212. The van der Waals surface area contributed by atoms with E-state index in [4.69, 9.17) is 5.73 Å². The van der Waals surface area contributed by atoms with E-state index in [0.717, 1.165) is 6.54 Å². The second-order valence-electron chi connectivity index (χ2n) is 6.19. The molecule has 4 N–H and O–H groups in total. The molecule has 0 unspecified atom stereocenters. The number of hydrogen-bond donors (Lipinski definition) is 3. The summed E-state index contributed by atoms with van der Waals surface area (Å²) < 4.78 is 26.5. The molecule has 1 aromatic carbocycles. The van der Waals surface area contributed by atoms with Crippen LogP contribution in [0.25, 0.3) is 0 Å². The minimum Gasteiger partial charge on any atom is -0.399 e. The third kappa shape index (κ3) is 3.89. The van der Waals surface area contributed by atoms with Gasteiger partial charge < -0.3 is 11.1 Å². The maximum Gasteiger partial charge on any atom is 0.242 e. The Balaban J connectivity index is 2.20. The third-order valence-electron chi connectivity index (χ3n) is 4.33. The molecule has 0 amide bonds. The molecule has 1 fully saturated rings. The fourth-order valence-corrected chi connectivity index (χ4v) is 3.85. The first-order valence-corrected chi connectivity index (χ1v) is 8.92. The van der Waals surface area contributed by atoms with E-state index in [0.29, 0.717) is 11.4 Å². The topological polar surface area (TPSA) is 84.2 Å². The monoisotopic (exact) mass is 311 g/mol. The minimum atomic E-state index is -3.52. The second kappa shape index (κ2) is 6.23. The number of rotatable bonds is 5. The van der Waals surface area contributed by atoms with Crippen molar-refractivity contribution < 1.29 is 8.42 Å². The van der Waals surface area contributed by atoms with Gasteiger partial charge in [-0.25, -0.2) is 13.1 Å². The molecule has 0 bridgehead atoms. The lowest BCUT2D eigenvalue weighted by atomic mass is 9.76. The summed E-state index contributed by atoms with van der Waals surface area (Å²) in [6.45, 7) is 3.05. The predicted molar refractivity (Wildman–Crippen MR) is 86.8 cm³/mol. The smallest absolute Gasteiger partial charge is 0.242 e. The molecule has 5 nitrogen and oxygen atoms in total. The van der Waals surface area contributed by atoms with Crippen molar-refractivity contribution in [1.82, 2.24) is 4.72 Å². The fraction of sp³-hybridized carbons (Fsp3) is 0.600. The second-order valence-corrected chi connectivity index (χ2v) is 8.04. The van der Waals surface area contributed by atoms with Crippen LogP contribution in [0.15, 0.2) is 23.1 Å². The molecule has 0 heterocycles. The number of anilines is 2. The molecular weight excluding hydrogens is 286 g/mol. The summed E-state index contributed by atoms with van der Waals surface area (Å²) in [6.07, 6.45) is 6.17. The van der Waals surface area contributed by atoms with Crippen molar-refractivity contribution >= 4 is 21.4 Å². The van der Waals surface area contributed by atoms with Gasteiger partial charge in [-0.3, -0.25) is 0 Å². The number of benzene rings is 1. The van der Waals surface area contributed by atoms with Crippen LogP contribution < -0.4 is 15.8 Å². The number of sulfonamides is 1. The number of nitrogen functional groups attached to an aromatic ring is 1. The van der Waals surface area contributed by atoms with Crippen LogP contribution >= 0.6 is 0 Å². The zero-order valence-corrected chi connectivity index (χ0v) is 13.6. The Morgan fingerprint density at radius 1 is 1.24 bits per heavy atom. The number of hydrogen-bond acceptors (Lipinski definition) is 4. The summed E-state index contributed by atoms with van der Waals surface area (Å²) in [5.41, 5.74) is 7.02. The van der Waals surface area contributed by atoms with Crippen molar-refractivity contribution in [2.75, 3.05) is 24.6 Å². The molecular formula is C15H25N3O2S. The molecule has 1 aliphatic rings. The Hall–Kier alpha value is -1.27. The third-order valence-corrected chi connectivity index (χ3v) is 5.78. The maximum atomic E-state index is 12.1. The number of nitrogens with two attached hydrogens (primary N) is 1. The summed E-state index contributed by atoms with van der Waals surface area (Å²) in [5, 5.41) is 3.32. The summed E-state index contributed by atoms with van der Waals surface area (Å²) in [7, 11) is -2.11. The zero-order valence-electron chi connectivity index (χ0n) is 12.8. The van der Waals surface area contributed by atoms with Crippen LogP contribution in [-0.4, -0.2) is 22.0 Å². The summed E-state index contributed by atoms with van der Waals surface area (Å²) in [5.74, 6) is 0. The van der Waals surface area contributed by atoms with E-state index < -0.39 is 10.0 Å². The van der Waals surface area contributed by atoms with Crippen molar-refractivity contribution in [1.29, 1.82) is 0 Å². The van der Waals surface area contributed by atoms with Crippen LogP contribution in [0.3, 0.4) is 0 Å². The van der Waals surface area contributed by atoms with Crippen LogP contribution in [0.4, 0.5) is 11.4 Å². The van der Waals surface area contributed by atoms with Gasteiger partial charge in [-0.15, -0.1) is 0 Å². The SMILES string of the molecule is CNS(=O)(=O)c1cc(N)ccc1NCC1(C)CCCCC1. The van der Waals surface area contributed by atoms with Crippen LogP contribution in [0.2, 0.25) is 0 Å². The van der Waals surface area contributed by atoms with Crippen molar-refractivity contribution in [3.05, 3.63) is 18.2 Å². The molecule has 0 spiro atoms. The quantitative estimate of drug-likeness (QED) is 0.730. The molecule has 0 aliphatic heterocycles. The highest BCUT2D eigenvalue weighted by Gasteiger charge is 2.27. The maximum absolute atomic E-state index is 12.1. The Morgan fingerprint density at radius 3 is 2.52 bits per heavy atom. The number of nitrogens with one attached hydrogen (secondary N) is 2. The average molecular weight is 311 g/mol. The van der Waals surface area contributed by atoms with E-state index >= 15 is 0 Å². The average Bonchev–Trinajstić information content (AvgIpc) is 2.47. The van der Waals surface area contributed by atoms with Crippen LogP contribution in [0.1, 0.15) is 39.0 Å². The van der Waals surface area contributed by atoms with Gasteiger partial charge in [0.05, 0.1) is 5.69 Å². The van der Waals surface area contributed by atoms with E-state index in [9.17, 15) is 8.42 Å². The Morgan fingerprint density at radius 2 is 1.90 bits per heavy atom. The Kier molecular flexibility index (Phi) is 4.78. The van der Waals surface area contributed by atoms with Gasteiger partial charge >= 0.3 is 0 Å². The van der Waals surface area contributed by atoms with Crippen LogP contribution in [0.5, 0.6) is 0 Å². The van der Waals surface area contributed by atoms with Gasteiger partial charge in [0, 0.05) is 12.2 Å². The molecule has 0 aromatic heterocycles. The van der Waals surface area contributed by atoms with Gasteiger partial charge in [0.2, 0.25) is 10.0 Å². The van der Waals surface area contributed by atoms with E-state index in [1.165, 1.54) is 45.2 Å². The normalized spacial score (nSPS) is 18.4. The summed E-state index contributed by atoms with van der Waals surface area (Å²) >= 11 is 0. The lowest BCUT2D eigenvalue weighted by Gasteiger charge is -2.34. The lowest BCUT2D eigenvalue weighted by molar-refractivity contribution is 0.233. The van der Waals surface area contributed by atoms with Gasteiger partial charge in [-0.1, -0.05) is 26.2 Å². The highest BCUT2D eigenvalue weighted by Crippen LogP contribution is 2.36. The Bertz CT molecular complexity index is 593. The van der Waals surface area contributed by atoms with E-state index in [1.54, 1.807) is 12.1 Å². The molecule has 21 heavy (non-hydrogen) atoms. The largest absolute Gasteiger partial charge is 0.399 e. The molecule has 0 atom stereocenters. The van der Waals surface area contributed by atoms with Crippen LogP contribution in [-0.2, 0) is 10.0 Å². The molecule has 1 saturated carbocycles. The van der Waals surface area contributed by atoms with Crippen molar-refractivity contribution in [2.45, 2.75) is 43.9 Å². The molecule has 1 aliphatic carbocycles. The lowest BCUT2D eigenvalue weighted by Crippen LogP contribution is -2.29. The molecule has 6 heteroatoms. The molecule has 0 saturated heterocycles. The van der Waals surface area contributed by atoms with Gasteiger partial charge in [0.1, 0.15) is 4.90 Å². The first-order chi connectivity index (χ1) is 9.86. The first-order valence-electron chi connectivity index (χ1n) is 7.43. The standard InChI is InChI=1S/C15H25N3O2S/c1-15(8-4-3-5-9-15)11-18-13-7-6-12(16)10-14(13)21(19,20)17-2/h6-7,10,17-18H,3-5,8-9,11,16H2,1-2H3. The van der Waals surface area contributed by atoms with Gasteiger partial charge in [0.15, 0.2) is 0 Å². The van der Waals surface area contributed by atoms with E-state index in [2.05, 4.69) is 17.0 Å². The highest BCUT2D eigenvalue weighted by molar-refractivity contribution is 7.89. The van der Waals surface area contributed by atoms with E-state index in [1.807, 2.05) is 0 Å². The molecule has 118 valence electrons. The molecule has 0 radical (unpaired) electrons. The zero-order chi connectivity index (χ0) is 15.5. The highest BCUT2D eigenvalue weighted by atomic mass is 32.2. The van der Waals surface area contributed by atoms with Crippen molar-refractivity contribution in [3.63, 3.8) is 0 Å². The molecule has 1 aromatic rings. The van der Waals surface area contributed by atoms with Crippen molar-refractivity contribution in [3.8, 4) is 0 Å². The fourth-order valence-electron chi connectivity index (χ4n) is 2.91. The van der Waals surface area contributed by atoms with Gasteiger partial charge in [-0.05, 0) is 43.5 Å². The summed E-state index contributed by atoms with van der Waals surface area (Å²) in [6, 6.07) is 4.96. The minimum absolute atomic E-state index is 0.212. The van der Waals surface area contributed by atoms with Gasteiger partial charge in [-0.2, -0.15) is 0 Å². The Labute approximate surface area is 127 Å².